The molecule has 2 aromatic rings. The minimum absolute atomic E-state index is 0.272. The van der Waals surface area contributed by atoms with Gasteiger partial charge in [-0.2, -0.15) is 0 Å². The molecule has 2 aromatic carbocycles. The molecule has 1 amide bonds. The molecule has 0 fully saturated rings. The maximum Gasteiger partial charge on any atom is 0.337 e. The van der Waals surface area contributed by atoms with Crippen LogP contribution in [0.1, 0.15) is 26.3 Å². The van der Waals surface area contributed by atoms with Gasteiger partial charge in [0.1, 0.15) is 0 Å². The van der Waals surface area contributed by atoms with Gasteiger partial charge in [0.15, 0.2) is 0 Å². The molecule has 8 heteroatoms. The molecule has 27 heavy (non-hydrogen) atoms. The molecule has 0 unspecified atom stereocenters. The molecule has 1 N–H and O–H groups in total. The molecule has 0 saturated carbocycles. The second kappa shape index (κ2) is 8.68. The Labute approximate surface area is 159 Å². The van der Waals surface area contributed by atoms with Crippen molar-refractivity contribution in [2.45, 2.75) is 6.42 Å². The number of methoxy groups -OCH3 is 1. The van der Waals surface area contributed by atoms with Gasteiger partial charge in [0.25, 0.3) is 5.91 Å². The third kappa shape index (κ3) is 5.30. The van der Waals surface area contributed by atoms with Gasteiger partial charge in [0, 0.05) is 13.6 Å². The number of esters is 1. The Kier molecular flexibility index (Phi) is 6.57. The van der Waals surface area contributed by atoms with Crippen molar-refractivity contribution in [3.05, 3.63) is 65.2 Å². The monoisotopic (exact) mass is 390 g/mol. The first kappa shape index (κ1) is 20.4. The van der Waals surface area contributed by atoms with Crippen molar-refractivity contribution in [2.24, 2.45) is 0 Å². The summed E-state index contributed by atoms with van der Waals surface area (Å²) in [5, 5.41) is 2.78. The van der Waals surface area contributed by atoms with Crippen molar-refractivity contribution in [3.8, 4) is 0 Å². The fourth-order valence-corrected chi connectivity index (χ4v) is 3.02. The fourth-order valence-electron chi connectivity index (χ4n) is 2.51. The number of nitrogens with one attached hydrogen (secondary N) is 1. The number of nitrogens with zero attached hydrogens (tertiary/aromatic N) is 1. The van der Waals surface area contributed by atoms with E-state index in [1.54, 1.807) is 42.5 Å². The van der Waals surface area contributed by atoms with Crippen LogP contribution in [0.5, 0.6) is 0 Å². The predicted octanol–water partition coefficient (Wildman–Crippen LogP) is 1.84. The van der Waals surface area contributed by atoms with Gasteiger partial charge in [-0.25, -0.2) is 13.2 Å². The van der Waals surface area contributed by atoms with E-state index in [2.05, 4.69) is 5.32 Å². The van der Waals surface area contributed by atoms with Crippen LogP contribution >= 0.6 is 0 Å². The van der Waals surface area contributed by atoms with Gasteiger partial charge in [-0.3, -0.25) is 9.10 Å². The van der Waals surface area contributed by atoms with Gasteiger partial charge in [-0.15, -0.1) is 0 Å². The van der Waals surface area contributed by atoms with Crippen LogP contribution in [0.3, 0.4) is 0 Å². The SMILES string of the molecule is COC(=O)c1cccc(CCNC(=O)c2ccccc2N(C)S(C)(=O)=O)c1. The third-order valence-electron chi connectivity index (χ3n) is 4.03. The highest BCUT2D eigenvalue weighted by Gasteiger charge is 2.19. The van der Waals surface area contributed by atoms with Crippen molar-refractivity contribution in [3.63, 3.8) is 0 Å². The first-order valence-electron chi connectivity index (χ1n) is 8.22. The van der Waals surface area contributed by atoms with E-state index in [1.807, 2.05) is 6.07 Å². The van der Waals surface area contributed by atoms with Crippen molar-refractivity contribution in [1.82, 2.24) is 5.32 Å². The van der Waals surface area contributed by atoms with E-state index in [0.717, 1.165) is 16.1 Å². The Balaban J connectivity index is 2.06. The second-order valence-electron chi connectivity index (χ2n) is 5.95. The van der Waals surface area contributed by atoms with Crippen LogP contribution in [0.25, 0.3) is 0 Å². The molecule has 0 radical (unpaired) electrons. The van der Waals surface area contributed by atoms with E-state index in [1.165, 1.54) is 14.2 Å². The molecule has 0 aliphatic carbocycles. The van der Waals surface area contributed by atoms with Crippen molar-refractivity contribution in [2.75, 3.05) is 31.3 Å². The number of anilines is 1. The third-order valence-corrected chi connectivity index (χ3v) is 5.22. The van der Waals surface area contributed by atoms with Crippen LogP contribution in [0, 0.1) is 0 Å². The highest BCUT2D eigenvalue weighted by Crippen LogP contribution is 2.21. The number of hydrogen-bond acceptors (Lipinski definition) is 5. The maximum atomic E-state index is 12.5. The molecular formula is C19H22N2O5S. The van der Waals surface area contributed by atoms with E-state index < -0.39 is 16.0 Å². The largest absolute Gasteiger partial charge is 0.465 e. The minimum atomic E-state index is -3.48. The van der Waals surface area contributed by atoms with E-state index in [-0.39, 0.29) is 11.5 Å². The van der Waals surface area contributed by atoms with Crippen molar-refractivity contribution in [1.29, 1.82) is 0 Å². The summed E-state index contributed by atoms with van der Waals surface area (Å²) in [5.74, 6) is -0.788. The first-order valence-corrected chi connectivity index (χ1v) is 10.1. The average Bonchev–Trinajstić information content (AvgIpc) is 2.66. The van der Waals surface area contributed by atoms with E-state index >= 15 is 0 Å². The lowest BCUT2D eigenvalue weighted by molar-refractivity contribution is 0.0600. The lowest BCUT2D eigenvalue weighted by Crippen LogP contribution is -2.30. The van der Waals surface area contributed by atoms with E-state index in [0.29, 0.717) is 24.2 Å². The summed E-state index contributed by atoms with van der Waals surface area (Å²) in [6, 6.07) is 13.5. The smallest absolute Gasteiger partial charge is 0.337 e. The van der Waals surface area contributed by atoms with Crippen LogP contribution in [0.2, 0.25) is 0 Å². The molecule has 0 heterocycles. The summed E-state index contributed by atoms with van der Waals surface area (Å²) in [4.78, 5) is 24.1. The molecule has 0 bridgehead atoms. The summed E-state index contributed by atoms with van der Waals surface area (Å²) in [7, 11) is -0.759. The molecule has 0 aromatic heterocycles. The molecule has 2 rings (SSSR count). The van der Waals surface area contributed by atoms with Gasteiger partial charge < -0.3 is 10.1 Å². The number of carbonyl (C=O) groups excluding carboxylic acids is 2. The summed E-state index contributed by atoms with van der Waals surface area (Å²) in [5.41, 5.74) is 1.90. The second-order valence-corrected chi connectivity index (χ2v) is 7.96. The summed E-state index contributed by atoms with van der Waals surface area (Å²) in [6.45, 7) is 0.334. The van der Waals surface area contributed by atoms with Gasteiger partial charge >= 0.3 is 5.97 Å². The summed E-state index contributed by atoms with van der Waals surface area (Å²) >= 11 is 0. The number of benzene rings is 2. The zero-order valence-electron chi connectivity index (χ0n) is 15.4. The van der Waals surface area contributed by atoms with Gasteiger partial charge in [0.05, 0.1) is 30.2 Å². The Bertz CT molecular complexity index is 941. The molecule has 144 valence electrons. The molecule has 0 atom stereocenters. The predicted molar refractivity (Wildman–Crippen MR) is 104 cm³/mol. The molecule has 0 spiro atoms. The molecule has 0 aliphatic heterocycles. The summed E-state index contributed by atoms with van der Waals surface area (Å²) in [6.07, 6.45) is 1.59. The lowest BCUT2D eigenvalue weighted by atomic mass is 10.1. The number of carbonyl (C=O) groups is 2. The van der Waals surface area contributed by atoms with Crippen molar-refractivity contribution >= 4 is 27.6 Å². The van der Waals surface area contributed by atoms with Gasteiger partial charge in [-0.1, -0.05) is 24.3 Å². The highest BCUT2D eigenvalue weighted by atomic mass is 32.2. The number of sulfonamides is 1. The zero-order chi connectivity index (χ0) is 20.0. The summed E-state index contributed by atoms with van der Waals surface area (Å²) < 4.78 is 29.3. The van der Waals surface area contributed by atoms with Crippen molar-refractivity contribution < 1.29 is 22.7 Å². The topological polar surface area (TPSA) is 92.8 Å². The number of hydrogen-bond donors (Lipinski definition) is 1. The van der Waals surface area contributed by atoms with E-state index in [4.69, 9.17) is 4.74 Å². The Morgan fingerprint density at radius 3 is 2.48 bits per heavy atom. The normalized spacial score (nSPS) is 10.9. The van der Waals surface area contributed by atoms with Crippen LogP contribution in [-0.4, -0.2) is 47.3 Å². The molecular weight excluding hydrogens is 368 g/mol. The Hall–Kier alpha value is -2.87. The number of para-hydroxylation sites is 1. The van der Waals surface area contributed by atoms with E-state index in [9.17, 15) is 18.0 Å². The first-order chi connectivity index (χ1) is 12.7. The Morgan fingerprint density at radius 1 is 1.11 bits per heavy atom. The quantitative estimate of drug-likeness (QED) is 0.728. The van der Waals surface area contributed by atoms with Crippen LogP contribution < -0.4 is 9.62 Å². The molecule has 0 aliphatic rings. The number of ether oxygens (including phenoxy) is 1. The average molecular weight is 390 g/mol. The van der Waals surface area contributed by atoms with Crippen LogP contribution in [-0.2, 0) is 21.2 Å². The highest BCUT2D eigenvalue weighted by molar-refractivity contribution is 7.92. The number of rotatable bonds is 7. The lowest BCUT2D eigenvalue weighted by Gasteiger charge is -2.19. The molecule has 0 saturated heterocycles. The minimum Gasteiger partial charge on any atom is -0.465 e. The fraction of sp³-hybridized carbons (Fsp3) is 0.263. The van der Waals surface area contributed by atoms with Crippen LogP contribution in [0.4, 0.5) is 5.69 Å². The standard InChI is InChI=1S/C19H22N2O5S/c1-21(27(3,24)25)17-10-5-4-9-16(17)18(22)20-12-11-14-7-6-8-15(13-14)19(23)26-2/h4-10,13H,11-12H2,1-3H3,(H,20,22). The maximum absolute atomic E-state index is 12.5. The zero-order valence-corrected chi connectivity index (χ0v) is 16.2. The van der Waals surface area contributed by atoms with Gasteiger partial charge in [0.2, 0.25) is 10.0 Å². The molecule has 7 nitrogen and oxygen atoms in total. The number of amides is 1. The van der Waals surface area contributed by atoms with Crippen LogP contribution in [0.15, 0.2) is 48.5 Å². The van der Waals surface area contributed by atoms with Gasteiger partial charge in [-0.05, 0) is 36.2 Å². The Morgan fingerprint density at radius 2 is 1.81 bits per heavy atom.